The van der Waals surface area contributed by atoms with Gasteiger partial charge in [0.25, 0.3) is 5.91 Å². The number of aryl methyl sites for hydroxylation is 1. The van der Waals surface area contributed by atoms with Crippen LogP contribution in [0.3, 0.4) is 0 Å². The van der Waals surface area contributed by atoms with E-state index in [-0.39, 0.29) is 5.91 Å². The van der Waals surface area contributed by atoms with E-state index in [1.807, 2.05) is 4.90 Å². The Hall–Kier alpha value is -1.36. The van der Waals surface area contributed by atoms with Gasteiger partial charge in [-0.1, -0.05) is 0 Å². The van der Waals surface area contributed by atoms with Crippen molar-refractivity contribution in [3.8, 4) is 0 Å². The van der Waals surface area contributed by atoms with Gasteiger partial charge in [0, 0.05) is 33.1 Å². The number of carbonyl (C=O) groups is 1. The fraction of sp³-hybridized carbons (Fsp3) is 0.600. The fourth-order valence-electron chi connectivity index (χ4n) is 1.63. The minimum absolute atomic E-state index is 0.0278. The lowest BCUT2D eigenvalue weighted by molar-refractivity contribution is 0.0658. The van der Waals surface area contributed by atoms with Gasteiger partial charge in [-0.05, 0) is 7.05 Å². The van der Waals surface area contributed by atoms with Gasteiger partial charge >= 0.3 is 0 Å². The molecule has 0 bridgehead atoms. The van der Waals surface area contributed by atoms with E-state index in [1.165, 1.54) is 6.26 Å². The third-order valence-corrected chi connectivity index (χ3v) is 2.63. The summed E-state index contributed by atoms with van der Waals surface area (Å²) in [6, 6.07) is 0. The molecule has 15 heavy (non-hydrogen) atoms. The number of oxazole rings is 1. The minimum Gasteiger partial charge on any atom is -0.448 e. The zero-order valence-corrected chi connectivity index (χ0v) is 9.06. The Labute approximate surface area is 88.7 Å². The first-order valence-electron chi connectivity index (χ1n) is 5.07. The highest BCUT2D eigenvalue weighted by Crippen LogP contribution is 2.07. The Morgan fingerprint density at radius 3 is 2.60 bits per heavy atom. The van der Waals surface area contributed by atoms with Gasteiger partial charge in [0.05, 0.1) is 0 Å². The first-order chi connectivity index (χ1) is 7.16. The normalized spacial score (nSPS) is 18.1. The highest BCUT2D eigenvalue weighted by molar-refractivity contribution is 5.92. The monoisotopic (exact) mass is 209 g/mol. The second-order valence-corrected chi connectivity index (χ2v) is 3.85. The van der Waals surface area contributed by atoms with E-state index in [0.717, 1.165) is 26.2 Å². The summed E-state index contributed by atoms with van der Waals surface area (Å²) in [5, 5.41) is 0. The van der Waals surface area contributed by atoms with Gasteiger partial charge in [0.15, 0.2) is 11.6 Å². The van der Waals surface area contributed by atoms with Crippen molar-refractivity contribution in [1.82, 2.24) is 14.8 Å². The average molecular weight is 209 g/mol. The molecule has 0 unspecified atom stereocenters. The molecule has 0 saturated carbocycles. The number of aromatic nitrogens is 1. The van der Waals surface area contributed by atoms with E-state index >= 15 is 0 Å². The maximum atomic E-state index is 11.9. The zero-order valence-electron chi connectivity index (χ0n) is 9.06. The van der Waals surface area contributed by atoms with Crippen molar-refractivity contribution in [3.63, 3.8) is 0 Å². The number of rotatable bonds is 1. The molecule has 0 spiro atoms. The maximum absolute atomic E-state index is 11.9. The van der Waals surface area contributed by atoms with Crippen LogP contribution in [-0.2, 0) is 0 Å². The Kier molecular flexibility index (Phi) is 2.73. The quantitative estimate of drug-likeness (QED) is 0.670. The van der Waals surface area contributed by atoms with Crippen LogP contribution < -0.4 is 0 Å². The number of hydrogen-bond donors (Lipinski definition) is 0. The number of hydrogen-bond acceptors (Lipinski definition) is 4. The molecule has 5 heteroatoms. The summed E-state index contributed by atoms with van der Waals surface area (Å²) in [5.41, 5.74) is 0.414. The number of likely N-dealkylation sites (N-methyl/N-ethyl adjacent to an activating group) is 1. The lowest BCUT2D eigenvalue weighted by Gasteiger charge is -2.31. The summed E-state index contributed by atoms with van der Waals surface area (Å²) >= 11 is 0. The summed E-state index contributed by atoms with van der Waals surface area (Å²) in [4.78, 5) is 20.0. The number of carbonyl (C=O) groups excluding carboxylic acids is 1. The molecule has 0 radical (unpaired) electrons. The van der Waals surface area contributed by atoms with Gasteiger partial charge in [-0.2, -0.15) is 0 Å². The molecular formula is C10H15N3O2. The van der Waals surface area contributed by atoms with Crippen LogP contribution in [0.1, 0.15) is 16.4 Å². The molecule has 1 saturated heterocycles. The summed E-state index contributed by atoms with van der Waals surface area (Å²) in [7, 11) is 2.06. The summed E-state index contributed by atoms with van der Waals surface area (Å²) < 4.78 is 5.03. The molecule has 1 amide bonds. The lowest BCUT2D eigenvalue weighted by Crippen LogP contribution is -2.47. The molecule has 5 nitrogen and oxygen atoms in total. The molecule has 0 aromatic carbocycles. The molecule has 2 heterocycles. The summed E-state index contributed by atoms with van der Waals surface area (Å²) in [5.74, 6) is 0.507. The second kappa shape index (κ2) is 4.02. The van der Waals surface area contributed by atoms with Crippen LogP contribution in [0.5, 0.6) is 0 Å². The fourth-order valence-corrected chi connectivity index (χ4v) is 1.63. The van der Waals surface area contributed by atoms with E-state index < -0.39 is 0 Å². The van der Waals surface area contributed by atoms with Gasteiger partial charge < -0.3 is 14.2 Å². The largest absolute Gasteiger partial charge is 0.448 e. The molecular weight excluding hydrogens is 194 g/mol. The van der Waals surface area contributed by atoms with Crippen LogP contribution in [0.15, 0.2) is 10.7 Å². The van der Waals surface area contributed by atoms with Crippen molar-refractivity contribution in [2.45, 2.75) is 6.92 Å². The Balaban J connectivity index is 2.02. The smallest absolute Gasteiger partial charge is 0.275 e. The Morgan fingerprint density at radius 2 is 2.07 bits per heavy atom. The molecule has 0 N–H and O–H groups in total. The van der Waals surface area contributed by atoms with E-state index in [2.05, 4.69) is 16.9 Å². The SMILES string of the molecule is Cc1nc(C(=O)N2CCN(C)CC2)co1. The lowest BCUT2D eigenvalue weighted by atomic mass is 10.3. The van der Waals surface area contributed by atoms with E-state index in [0.29, 0.717) is 11.6 Å². The molecule has 1 aliphatic rings. The number of amides is 1. The molecule has 0 atom stereocenters. The highest BCUT2D eigenvalue weighted by Gasteiger charge is 2.22. The van der Waals surface area contributed by atoms with Crippen molar-refractivity contribution in [2.75, 3.05) is 33.2 Å². The van der Waals surface area contributed by atoms with Crippen LogP contribution in [0.2, 0.25) is 0 Å². The van der Waals surface area contributed by atoms with Crippen LogP contribution in [-0.4, -0.2) is 53.9 Å². The summed E-state index contributed by atoms with van der Waals surface area (Å²) in [6.45, 7) is 5.11. The first-order valence-corrected chi connectivity index (χ1v) is 5.07. The van der Waals surface area contributed by atoms with Crippen LogP contribution in [0.4, 0.5) is 0 Å². The van der Waals surface area contributed by atoms with Crippen molar-refractivity contribution in [2.24, 2.45) is 0 Å². The molecule has 1 aromatic rings. The second-order valence-electron chi connectivity index (χ2n) is 3.85. The van der Waals surface area contributed by atoms with E-state index in [9.17, 15) is 4.79 Å². The number of nitrogens with zero attached hydrogens (tertiary/aromatic N) is 3. The van der Waals surface area contributed by atoms with Gasteiger partial charge in [-0.15, -0.1) is 0 Å². The highest BCUT2D eigenvalue weighted by atomic mass is 16.3. The van der Waals surface area contributed by atoms with Crippen molar-refractivity contribution in [1.29, 1.82) is 0 Å². The predicted octanol–water partition coefficient (Wildman–Crippen LogP) is 0.371. The standard InChI is InChI=1S/C10H15N3O2/c1-8-11-9(7-15-8)10(14)13-5-3-12(2)4-6-13/h7H,3-6H2,1-2H3. The Bertz CT molecular complexity index is 353. The zero-order chi connectivity index (χ0) is 10.8. The minimum atomic E-state index is -0.0278. The van der Waals surface area contributed by atoms with Crippen LogP contribution in [0, 0.1) is 6.92 Å². The topological polar surface area (TPSA) is 49.6 Å². The first kappa shape index (κ1) is 10.2. The van der Waals surface area contributed by atoms with E-state index in [4.69, 9.17) is 4.42 Å². The van der Waals surface area contributed by atoms with Crippen molar-refractivity contribution < 1.29 is 9.21 Å². The third kappa shape index (κ3) is 2.18. The van der Waals surface area contributed by atoms with Gasteiger partial charge in [-0.3, -0.25) is 4.79 Å². The molecule has 2 rings (SSSR count). The van der Waals surface area contributed by atoms with Crippen LogP contribution >= 0.6 is 0 Å². The average Bonchev–Trinajstić information content (AvgIpc) is 2.65. The molecule has 1 aliphatic heterocycles. The van der Waals surface area contributed by atoms with E-state index in [1.54, 1.807) is 6.92 Å². The molecule has 0 aliphatic carbocycles. The van der Waals surface area contributed by atoms with Gasteiger partial charge in [0.2, 0.25) is 0 Å². The summed E-state index contributed by atoms with van der Waals surface area (Å²) in [6.07, 6.45) is 1.43. The maximum Gasteiger partial charge on any atom is 0.275 e. The van der Waals surface area contributed by atoms with Crippen LogP contribution in [0.25, 0.3) is 0 Å². The molecule has 1 aromatic heterocycles. The third-order valence-electron chi connectivity index (χ3n) is 2.63. The Morgan fingerprint density at radius 1 is 1.40 bits per heavy atom. The van der Waals surface area contributed by atoms with Crippen molar-refractivity contribution in [3.05, 3.63) is 17.8 Å². The molecule has 1 fully saturated rings. The van der Waals surface area contributed by atoms with Crippen molar-refractivity contribution >= 4 is 5.91 Å². The van der Waals surface area contributed by atoms with Gasteiger partial charge in [-0.25, -0.2) is 4.98 Å². The van der Waals surface area contributed by atoms with Gasteiger partial charge in [0.1, 0.15) is 6.26 Å². The number of piperazine rings is 1. The predicted molar refractivity (Wildman–Crippen MR) is 54.6 cm³/mol. The molecule has 82 valence electrons.